The second-order valence-electron chi connectivity index (χ2n) is 6.29. The van der Waals surface area contributed by atoms with E-state index in [0.717, 1.165) is 36.8 Å². The molecule has 2 nitrogen and oxygen atoms in total. The van der Waals surface area contributed by atoms with Crippen molar-refractivity contribution in [3.63, 3.8) is 0 Å². The van der Waals surface area contributed by atoms with E-state index >= 15 is 0 Å². The Balaban J connectivity index is 1.58. The molecule has 0 saturated carbocycles. The molecule has 3 rings (SSSR count). The van der Waals surface area contributed by atoms with E-state index in [2.05, 4.69) is 29.7 Å². The predicted octanol–water partition coefficient (Wildman–Crippen LogP) is 4.84. The van der Waals surface area contributed by atoms with Crippen molar-refractivity contribution in [2.75, 3.05) is 19.7 Å². The highest BCUT2D eigenvalue weighted by molar-refractivity contribution is 6.32. The minimum atomic E-state index is -0.106. The molecule has 1 aromatic rings. The third-order valence-corrected chi connectivity index (χ3v) is 5.00. The largest absolute Gasteiger partial charge is 0.369 e. The van der Waals surface area contributed by atoms with Crippen molar-refractivity contribution in [3.05, 3.63) is 64.4 Å². The van der Waals surface area contributed by atoms with E-state index in [0.29, 0.717) is 5.03 Å². The van der Waals surface area contributed by atoms with E-state index in [1.807, 2.05) is 30.4 Å². The van der Waals surface area contributed by atoms with Crippen LogP contribution in [-0.2, 0) is 4.74 Å². The Morgan fingerprint density at radius 3 is 2.83 bits per heavy atom. The van der Waals surface area contributed by atoms with Crippen LogP contribution in [0.1, 0.15) is 37.9 Å². The van der Waals surface area contributed by atoms with Crippen molar-refractivity contribution in [3.8, 4) is 0 Å². The fourth-order valence-corrected chi connectivity index (χ4v) is 3.58. The van der Waals surface area contributed by atoms with Crippen LogP contribution < -0.4 is 0 Å². The van der Waals surface area contributed by atoms with Crippen LogP contribution in [0.25, 0.3) is 0 Å². The predicted molar refractivity (Wildman–Crippen MR) is 95.6 cm³/mol. The second-order valence-corrected chi connectivity index (χ2v) is 6.67. The van der Waals surface area contributed by atoms with Gasteiger partial charge in [0.1, 0.15) is 6.10 Å². The van der Waals surface area contributed by atoms with Crippen LogP contribution in [0.5, 0.6) is 0 Å². The first-order valence-electron chi connectivity index (χ1n) is 8.49. The molecule has 122 valence electrons. The van der Waals surface area contributed by atoms with E-state index in [4.69, 9.17) is 16.3 Å². The van der Waals surface area contributed by atoms with Gasteiger partial charge in [-0.25, -0.2) is 0 Å². The summed E-state index contributed by atoms with van der Waals surface area (Å²) >= 11 is 6.28. The number of hydrogen-bond donors (Lipinski definition) is 0. The van der Waals surface area contributed by atoms with Crippen LogP contribution in [-0.4, -0.2) is 30.6 Å². The Bertz CT molecular complexity index is 616. The van der Waals surface area contributed by atoms with Gasteiger partial charge in [0.15, 0.2) is 0 Å². The van der Waals surface area contributed by atoms with Gasteiger partial charge in [-0.1, -0.05) is 41.9 Å². The number of allylic oxidation sites excluding steroid dienone is 1. The molecule has 0 aromatic heterocycles. The van der Waals surface area contributed by atoms with Crippen LogP contribution in [0.2, 0.25) is 0 Å². The molecular weight excluding hydrogens is 306 g/mol. The summed E-state index contributed by atoms with van der Waals surface area (Å²) in [7, 11) is 0. The number of rotatable bonds is 7. The van der Waals surface area contributed by atoms with Crippen LogP contribution in [0.4, 0.5) is 0 Å². The lowest BCUT2D eigenvalue weighted by Crippen LogP contribution is -2.28. The van der Waals surface area contributed by atoms with E-state index in [9.17, 15) is 0 Å². The summed E-state index contributed by atoms with van der Waals surface area (Å²) < 4.78 is 6.22. The number of halogens is 1. The molecule has 1 aliphatic heterocycles. The van der Waals surface area contributed by atoms with E-state index < -0.39 is 0 Å². The van der Waals surface area contributed by atoms with Gasteiger partial charge in [0.25, 0.3) is 0 Å². The Kier molecular flexibility index (Phi) is 5.75. The van der Waals surface area contributed by atoms with Gasteiger partial charge in [-0.05, 0) is 50.4 Å². The molecule has 0 radical (unpaired) electrons. The van der Waals surface area contributed by atoms with Crippen LogP contribution in [0.15, 0.2) is 58.8 Å². The molecule has 1 saturated heterocycles. The average molecular weight is 330 g/mol. The lowest BCUT2D eigenvalue weighted by Gasteiger charge is -2.23. The Morgan fingerprint density at radius 2 is 2.17 bits per heavy atom. The first-order valence-corrected chi connectivity index (χ1v) is 8.87. The van der Waals surface area contributed by atoms with Gasteiger partial charge in [0.2, 0.25) is 0 Å². The molecule has 1 heterocycles. The highest BCUT2D eigenvalue weighted by Gasteiger charge is 2.22. The topological polar surface area (TPSA) is 12.5 Å². The SMILES string of the molecule is CC1CCCN1CCCO[C@@H](C1=CC=C=C1Cl)c1ccccc1. The molecule has 1 aliphatic carbocycles. The maximum absolute atomic E-state index is 6.28. The first kappa shape index (κ1) is 16.5. The molecule has 2 atom stereocenters. The zero-order chi connectivity index (χ0) is 16.1. The summed E-state index contributed by atoms with van der Waals surface area (Å²) in [6.45, 7) is 5.40. The smallest absolute Gasteiger partial charge is 0.110 e. The van der Waals surface area contributed by atoms with Gasteiger partial charge in [-0.15, -0.1) is 5.73 Å². The number of hydrogen-bond acceptors (Lipinski definition) is 2. The summed E-state index contributed by atoms with van der Waals surface area (Å²) in [4.78, 5) is 2.56. The first-order chi connectivity index (χ1) is 11.3. The van der Waals surface area contributed by atoms with Gasteiger partial charge in [-0.2, -0.15) is 0 Å². The minimum Gasteiger partial charge on any atom is -0.369 e. The van der Waals surface area contributed by atoms with Crippen molar-refractivity contribution in [2.24, 2.45) is 0 Å². The number of nitrogens with zero attached hydrogens (tertiary/aromatic N) is 1. The van der Waals surface area contributed by atoms with Crippen molar-refractivity contribution in [1.82, 2.24) is 4.90 Å². The quantitative estimate of drug-likeness (QED) is 0.524. The monoisotopic (exact) mass is 329 g/mol. The van der Waals surface area contributed by atoms with Crippen molar-refractivity contribution in [2.45, 2.75) is 38.3 Å². The third-order valence-electron chi connectivity index (χ3n) is 4.68. The molecule has 23 heavy (non-hydrogen) atoms. The number of likely N-dealkylation sites (tertiary alicyclic amines) is 1. The summed E-state index contributed by atoms with van der Waals surface area (Å²) in [5, 5.41) is 0.659. The Labute approximate surface area is 144 Å². The molecule has 1 unspecified atom stereocenters. The Hall–Kier alpha value is -1.31. The van der Waals surface area contributed by atoms with Gasteiger partial charge < -0.3 is 9.64 Å². The second kappa shape index (κ2) is 7.99. The van der Waals surface area contributed by atoms with Crippen LogP contribution >= 0.6 is 11.6 Å². The molecular formula is C20H24ClNO. The van der Waals surface area contributed by atoms with E-state index in [-0.39, 0.29) is 6.10 Å². The van der Waals surface area contributed by atoms with Crippen molar-refractivity contribution in [1.29, 1.82) is 0 Å². The van der Waals surface area contributed by atoms with Gasteiger partial charge in [0, 0.05) is 24.8 Å². The normalized spacial score (nSPS) is 22.3. The van der Waals surface area contributed by atoms with Crippen LogP contribution in [0, 0.1) is 0 Å². The summed E-state index contributed by atoms with van der Waals surface area (Å²) in [5.41, 5.74) is 5.19. The molecule has 3 heteroatoms. The number of benzene rings is 1. The van der Waals surface area contributed by atoms with Crippen molar-refractivity contribution >= 4 is 11.6 Å². The molecule has 0 N–H and O–H groups in total. The maximum Gasteiger partial charge on any atom is 0.110 e. The molecule has 1 fully saturated rings. The summed E-state index contributed by atoms with van der Waals surface area (Å²) in [6, 6.07) is 11.0. The van der Waals surface area contributed by atoms with E-state index in [1.54, 1.807) is 0 Å². The molecule has 0 spiro atoms. The minimum absolute atomic E-state index is 0.106. The van der Waals surface area contributed by atoms with E-state index in [1.165, 1.54) is 19.4 Å². The summed E-state index contributed by atoms with van der Waals surface area (Å²) in [6.07, 6.45) is 7.47. The highest BCUT2D eigenvalue weighted by Crippen LogP contribution is 2.34. The van der Waals surface area contributed by atoms with Crippen LogP contribution in [0.3, 0.4) is 0 Å². The number of ether oxygens (including phenoxy) is 1. The summed E-state index contributed by atoms with van der Waals surface area (Å²) in [5.74, 6) is 0. The standard InChI is InChI=1S/C20H24ClNO/c1-16-8-6-13-22(16)14-7-15-23-20(17-9-3-2-4-10-17)18-11-5-12-19(18)21/h2-5,9-11,16,20H,6-8,13-15H2,1H3/t16?,20-/m1/s1. The molecule has 1 aromatic carbocycles. The lowest BCUT2D eigenvalue weighted by atomic mass is 10.0. The maximum atomic E-state index is 6.28. The molecule has 0 bridgehead atoms. The van der Waals surface area contributed by atoms with Gasteiger partial charge in [0.05, 0.1) is 5.03 Å². The zero-order valence-electron chi connectivity index (χ0n) is 13.7. The Morgan fingerprint density at radius 1 is 1.35 bits per heavy atom. The lowest BCUT2D eigenvalue weighted by molar-refractivity contribution is 0.0705. The zero-order valence-corrected chi connectivity index (χ0v) is 14.4. The van der Waals surface area contributed by atoms with Gasteiger partial charge >= 0.3 is 0 Å². The fourth-order valence-electron chi connectivity index (χ4n) is 3.35. The fraction of sp³-hybridized carbons (Fsp3) is 0.450. The highest BCUT2D eigenvalue weighted by atomic mass is 35.5. The molecule has 2 aliphatic rings. The average Bonchev–Trinajstić information content (AvgIpc) is 3.17. The third kappa shape index (κ3) is 4.16. The van der Waals surface area contributed by atoms with Crippen molar-refractivity contribution < 1.29 is 4.74 Å². The molecule has 0 amide bonds. The van der Waals surface area contributed by atoms with Gasteiger partial charge in [-0.3, -0.25) is 0 Å².